The summed E-state index contributed by atoms with van der Waals surface area (Å²) >= 11 is 0. The number of unbranched alkanes of at least 4 members (excludes halogenated alkanes) is 3. The summed E-state index contributed by atoms with van der Waals surface area (Å²) in [6, 6.07) is 3.82. The van der Waals surface area contributed by atoms with E-state index in [9.17, 15) is 18.0 Å². The van der Waals surface area contributed by atoms with Gasteiger partial charge in [-0.15, -0.1) is 12.4 Å². The SMILES string of the molecule is Cc1ccc(NC(=O)CCCCCCN)cc1C(F)(F)F.Cl. The topological polar surface area (TPSA) is 55.1 Å². The van der Waals surface area contributed by atoms with E-state index in [-0.39, 0.29) is 29.6 Å². The summed E-state index contributed by atoms with van der Waals surface area (Å²) in [7, 11) is 0. The van der Waals surface area contributed by atoms with Crippen LogP contribution in [0, 0.1) is 6.92 Å². The van der Waals surface area contributed by atoms with Gasteiger partial charge >= 0.3 is 6.18 Å². The van der Waals surface area contributed by atoms with E-state index in [1.807, 2.05) is 0 Å². The Morgan fingerprint density at radius 2 is 1.82 bits per heavy atom. The second kappa shape index (κ2) is 9.69. The molecular weight excluding hydrogens is 317 g/mol. The predicted molar refractivity (Wildman–Crippen MR) is 84.2 cm³/mol. The Labute approximate surface area is 134 Å². The smallest absolute Gasteiger partial charge is 0.330 e. The number of hydrogen-bond donors (Lipinski definition) is 2. The van der Waals surface area contributed by atoms with Crippen molar-refractivity contribution in [2.75, 3.05) is 11.9 Å². The van der Waals surface area contributed by atoms with Gasteiger partial charge in [-0.25, -0.2) is 0 Å². The molecule has 0 aromatic heterocycles. The zero-order valence-electron chi connectivity index (χ0n) is 12.5. The molecule has 0 unspecified atom stereocenters. The van der Waals surface area contributed by atoms with E-state index in [2.05, 4.69) is 5.32 Å². The average Bonchev–Trinajstić information content (AvgIpc) is 2.39. The Morgan fingerprint density at radius 1 is 1.18 bits per heavy atom. The molecule has 1 aromatic rings. The molecule has 1 amide bonds. The van der Waals surface area contributed by atoms with E-state index in [4.69, 9.17) is 5.73 Å². The van der Waals surface area contributed by atoms with Crippen molar-refractivity contribution < 1.29 is 18.0 Å². The van der Waals surface area contributed by atoms with E-state index < -0.39 is 11.7 Å². The molecule has 0 saturated carbocycles. The number of amides is 1. The number of halogens is 4. The lowest BCUT2D eigenvalue weighted by Crippen LogP contribution is -2.13. The first-order chi connectivity index (χ1) is 9.84. The molecule has 0 atom stereocenters. The van der Waals surface area contributed by atoms with E-state index >= 15 is 0 Å². The highest BCUT2D eigenvalue weighted by Crippen LogP contribution is 2.33. The highest BCUT2D eigenvalue weighted by Gasteiger charge is 2.32. The van der Waals surface area contributed by atoms with E-state index in [0.29, 0.717) is 19.4 Å². The van der Waals surface area contributed by atoms with Gasteiger partial charge in [-0.05, 0) is 44.0 Å². The number of hydrogen-bond acceptors (Lipinski definition) is 2. The molecule has 1 rings (SSSR count). The molecule has 0 bridgehead atoms. The minimum Gasteiger partial charge on any atom is -0.330 e. The molecule has 0 heterocycles. The summed E-state index contributed by atoms with van der Waals surface area (Å²) in [6.07, 6.45) is -0.607. The van der Waals surface area contributed by atoms with Gasteiger partial charge in [0.15, 0.2) is 0 Å². The van der Waals surface area contributed by atoms with Crippen LogP contribution in [-0.4, -0.2) is 12.5 Å². The van der Waals surface area contributed by atoms with Gasteiger partial charge in [-0.2, -0.15) is 13.2 Å². The summed E-state index contributed by atoms with van der Waals surface area (Å²) in [5.74, 6) is -0.264. The highest BCUT2D eigenvalue weighted by atomic mass is 35.5. The molecule has 1 aromatic carbocycles. The lowest BCUT2D eigenvalue weighted by Gasteiger charge is -2.12. The van der Waals surface area contributed by atoms with Crippen molar-refractivity contribution >= 4 is 24.0 Å². The van der Waals surface area contributed by atoms with Crippen LogP contribution in [0.2, 0.25) is 0 Å². The number of carbonyl (C=O) groups is 1. The normalized spacial score (nSPS) is 11.0. The standard InChI is InChI=1S/C15H21F3N2O.ClH/c1-11-7-8-12(10-13(11)15(16,17)18)20-14(21)6-4-2-3-5-9-19;/h7-8,10H,2-6,9,19H2,1H3,(H,20,21);1H. The summed E-state index contributed by atoms with van der Waals surface area (Å²) in [5.41, 5.74) is 4.97. The fraction of sp³-hybridized carbons (Fsp3) is 0.533. The molecule has 0 fully saturated rings. The molecule has 0 spiro atoms. The third-order valence-corrected chi connectivity index (χ3v) is 3.18. The lowest BCUT2D eigenvalue weighted by molar-refractivity contribution is -0.138. The Kier molecular flexibility index (Phi) is 9.13. The van der Waals surface area contributed by atoms with Crippen LogP contribution in [0.1, 0.15) is 43.2 Å². The second-order valence-electron chi connectivity index (χ2n) is 5.03. The zero-order chi connectivity index (χ0) is 15.9. The molecule has 0 aliphatic carbocycles. The lowest BCUT2D eigenvalue weighted by atomic mass is 10.1. The zero-order valence-corrected chi connectivity index (χ0v) is 13.3. The van der Waals surface area contributed by atoms with E-state index in [1.54, 1.807) is 0 Å². The summed E-state index contributed by atoms with van der Waals surface area (Å²) in [5, 5.41) is 2.51. The number of benzene rings is 1. The van der Waals surface area contributed by atoms with Gasteiger partial charge in [-0.1, -0.05) is 18.9 Å². The number of nitrogens with two attached hydrogens (primary N) is 1. The first kappa shape index (κ1) is 20.7. The van der Waals surface area contributed by atoms with Crippen LogP contribution < -0.4 is 11.1 Å². The number of alkyl halides is 3. The van der Waals surface area contributed by atoms with Crippen molar-refractivity contribution in [1.29, 1.82) is 0 Å². The van der Waals surface area contributed by atoms with Crippen molar-refractivity contribution in [3.05, 3.63) is 29.3 Å². The monoisotopic (exact) mass is 338 g/mol. The molecule has 3 N–H and O–H groups in total. The van der Waals surface area contributed by atoms with Crippen LogP contribution in [0.4, 0.5) is 18.9 Å². The van der Waals surface area contributed by atoms with Crippen molar-refractivity contribution in [2.24, 2.45) is 5.73 Å². The van der Waals surface area contributed by atoms with Gasteiger partial charge in [-0.3, -0.25) is 4.79 Å². The first-order valence-electron chi connectivity index (χ1n) is 7.02. The fourth-order valence-electron chi connectivity index (χ4n) is 2.01. The van der Waals surface area contributed by atoms with Gasteiger partial charge < -0.3 is 11.1 Å². The van der Waals surface area contributed by atoms with Gasteiger partial charge in [0.05, 0.1) is 5.56 Å². The molecular formula is C15H22ClF3N2O. The average molecular weight is 339 g/mol. The predicted octanol–water partition coefficient (Wildman–Crippen LogP) is 4.28. The molecule has 0 saturated heterocycles. The summed E-state index contributed by atoms with van der Waals surface area (Å²) < 4.78 is 38.3. The summed E-state index contributed by atoms with van der Waals surface area (Å²) in [6.45, 7) is 2.03. The molecule has 3 nitrogen and oxygen atoms in total. The van der Waals surface area contributed by atoms with Crippen molar-refractivity contribution in [1.82, 2.24) is 0 Å². The Morgan fingerprint density at radius 3 is 2.41 bits per heavy atom. The number of carbonyl (C=O) groups excluding carboxylic acids is 1. The third-order valence-electron chi connectivity index (χ3n) is 3.18. The van der Waals surface area contributed by atoms with Crippen molar-refractivity contribution in [3.63, 3.8) is 0 Å². The fourth-order valence-corrected chi connectivity index (χ4v) is 2.01. The van der Waals surface area contributed by atoms with Crippen LogP contribution in [0.5, 0.6) is 0 Å². The third kappa shape index (κ3) is 7.13. The van der Waals surface area contributed by atoms with Crippen LogP contribution in [0.3, 0.4) is 0 Å². The van der Waals surface area contributed by atoms with Gasteiger partial charge in [0.1, 0.15) is 0 Å². The molecule has 0 radical (unpaired) electrons. The van der Waals surface area contributed by atoms with Gasteiger partial charge in [0, 0.05) is 12.1 Å². The number of aryl methyl sites for hydroxylation is 1. The minimum atomic E-state index is -4.41. The highest BCUT2D eigenvalue weighted by molar-refractivity contribution is 5.90. The van der Waals surface area contributed by atoms with Crippen LogP contribution >= 0.6 is 12.4 Å². The Balaban J connectivity index is 0.00000441. The first-order valence-corrected chi connectivity index (χ1v) is 7.02. The van der Waals surface area contributed by atoms with Crippen molar-refractivity contribution in [2.45, 2.75) is 45.2 Å². The van der Waals surface area contributed by atoms with E-state index in [1.165, 1.54) is 19.1 Å². The quantitative estimate of drug-likeness (QED) is 0.729. The second-order valence-corrected chi connectivity index (χ2v) is 5.03. The maximum atomic E-state index is 12.8. The van der Waals surface area contributed by atoms with Crippen molar-refractivity contribution in [3.8, 4) is 0 Å². The van der Waals surface area contributed by atoms with E-state index in [0.717, 1.165) is 25.3 Å². The Hall–Kier alpha value is -1.27. The maximum Gasteiger partial charge on any atom is 0.416 e. The number of anilines is 1. The van der Waals surface area contributed by atoms with Crippen LogP contribution in [0.25, 0.3) is 0 Å². The minimum absolute atomic E-state index is 0. The molecule has 0 aliphatic heterocycles. The Bertz CT molecular complexity index is 478. The molecule has 7 heteroatoms. The van der Waals surface area contributed by atoms with Crippen LogP contribution in [0.15, 0.2) is 18.2 Å². The number of rotatable bonds is 7. The maximum absolute atomic E-state index is 12.8. The number of nitrogens with one attached hydrogen (secondary N) is 1. The largest absolute Gasteiger partial charge is 0.416 e. The molecule has 126 valence electrons. The van der Waals surface area contributed by atoms with Gasteiger partial charge in [0.25, 0.3) is 0 Å². The van der Waals surface area contributed by atoms with Gasteiger partial charge in [0.2, 0.25) is 5.91 Å². The molecule has 22 heavy (non-hydrogen) atoms. The molecule has 0 aliphatic rings. The summed E-state index contributed by atoms with van der Waals surface area (Å²) in [4.78, 5) is 11.7. The van der Waals surface area contributed by atoms with Crippen LogP contribution in [-0.2, 0) is 11.0 Å².